The smallest absolute Gasteiger partial charge is 0.304 e. The van der Waals surface area contributed by atoms with Crippen LogP contribution < -0.4 is 4.90 Å². The Labute approximate surface area is 120 Å². The highest BCUT2D eigenvalue weighted by Crippen LogP contribution is 2.37. The monoisotopic (exact) mass is 286 g/mol. The van der Waals surface area contributed by atoms with E-state index >= 15 is 0 Å². The van der Waals surface area contributed by atoms with Gasteiger partial charge in [0.05, 0.1) is 6.42 Å². The van der Waals surface area contributed by atoms with Crippen LogP contribution in [0, 0.1) is 0 Å². The Kier molecular flexibility index (Phi) is 3.39. The Balaban J connectivity index is 1.83. The van der Waals surface area contributed by atoms with Crippen molar-refractivity contribution < 1.29 is 14.7 Å². The molecule has 3 rings (SSSR count). The van der Waals surface area contributed by atoms with E-state index in [0.717, 1.165) is 11.3 Å². The molecule has 2 aromatic rings. The number of aliphatic carboxylic acids is 1. The molecular formula is C14H14N4O3. The van der Waals surface area contributed by atoms with Crippen LogP contribution in [0.2, 0.25) is 0 Å². The number of nitrogens with zero attached hydrogens (tertiary/aromatic N) is 4. The SMILES string of the molecule is O=C(O)CC1CN(C(=O)Cn2cncn2)c2ccccc21. The van der Waals surface area contributed by atoms with E-state index in [9.17, 15) is 9.59 Å². The number of carbonyl (C=O) groups is 2. The molecule has 7 heteroatoms. The number of aromatic nitrogens is 3. The van der Waals surface area contributed by atoms with Crippen LogP contribution in [-0.2, 0) is 16.1 Å². The van der Waals surface area contributed by atoms with Gasteiger partial charge in [-0.15, -0.1) is 0 Å². The van der Waals surface area contributed by atoms with E-state index in [4.69, 9.17) is 5.11 Å². The summed E-state index contributed by atoms with van der Waals surface area (Å²) < 4.78 is 1.45. The summed E-state index contributed by atoms with van der Waals surface area (Å²) in [5, 5.41) is 12.9. The second-order valence-corrected chi connectivity index (χ2v) is 4.95. The normalized spacial score (nSPS) is 16.8. The minimum Gasteiger partial charge on any atom is -0.481 e. The third-order valence-corrected chi connectivity index (χ3v) is 3.56. The number of benzene rings is 1. The lowest BCUT2D eigenvalue weighted by Gasteiger charge is -2.17. The highest BCUT2D eigenvalue weighted by Gasteiger charge is 2.33. The molecule has 2 heterocycles. The Bertz CT molecular complexity index is 669. The lowest BCUT2D eigenvalue weighted by atomic mass is 9.98. The zero-order valence-electron chi connectivity index (χ0n) is 11.2. The van der Waals surface area contributed by atoms with Crippen molar-refractivity contribution in [3.8, 4) is 0 Å². The van der Waals surface area contributed by atoms with Crippen LogP contribution in [0.3, 0.4) is 0 Å². The molecule has 1 N–H and O–H groups in total. The lowest BCUT2D eigenvalue weighted by molar-refractivity contribution is -0.137. The van der Waals surface area contributed by atoms with Crippen LogP contribution in [0.5, 0.6) is 0 Å². The quantitative estimate of drug-likeness (QED) is 0.901. The van der Waals surface area contributed by atoms with Crippen LogP contribution in [0.15, 0.2) is 36.9 Å². The van der Waals surface area contributed by atoms with E-state index in [0.29, 0.717) is 6.54 Å². The molecule has 1 aromatic carbocycles. The number of hydrogen-bond donors (Lipinski definition) is 1. The predicted molar refractivity (Wildman–Crippen MR) is 73.8 cm³/mol. The van der Waals surface area contributed by atoms with Gasteiger partial charge in [0.1, 0.15) is 19.2 Å². The molecule has 1 aromatic heterocycles. The van der Waals surface area contributed by atoms with E-state index in [1.54, 1.807) is 4.90 Å². The second kappa shape index (κ2) is 5.35. The summed E-state index contributed by atoms with van der Waals surface area (Å²) in [6, 6.07) is 7.43. The van der Waals surface area contributed by atoms with Crippen molar-refractivity contribution in [1.29, 1.82) is 0 Å². The van der Waals surface area contributed by atoms with Crippen molar-refractivity contribution in [2.75, 3.05) is 11.4 Å². The van der Waals surface area contributed by atoms with E-state index in [1.807, 2.05) is 24.3 Å². The second-order valence-electron chi connectivity index (χ2n) is 4.95. The van der Waals surface area contributed by atoms with Crippen molar-refractivity contribution in [3.63, 3.8) is 0 Å². The first-order valence-electron chi connectivity index (χ1n) is 6.58. The van der Waals surface area contributed by atoms with E-state index < -0.39 is 5.97 Å². The summed E-state index contributed by atoms with van der Waals surface area (Å²) in [5.74, 6) is -1.15. The molecule has 0 radical (unpaired) electrons. The van der Waals surface area contributed by atoms with Gasteiger partial charge in [0, 0.05) is 18.2 Å². The molecule has 1 atom stereocenters. The fraction of sp³-hybridized carbons (Fsp3) is 0.286. The summed E-state index contributed by atoms with van der Waals surface area (Å²) in [6.07, 6.45) is 2.87. The van der Waals surface area contributed by atoms with Crippen LogP contribution in [-0.4, -0.2) is 38.3 Å². The van der Waals surface area contributed by atoms with Crippen LogP contribution in [0.25, 0.3) is 0 Å². The molecule has 0 saturated heterocycles. The largest absolute Gasteiger partial charge is 0.481 e. The van der Waals surface area contributed by atoms with Gasteiger partial charge in [-0.25, -0.2) is 9.67 Å². The Morgan fingerprint density at radius 2 is 2.14 bits per heavy atom. The van der Waals surface area contributed by atoms with E-state index in [1.165, 1.54) is 17.3 Å². The van der Waals surface area contributed by atoms with Crippen molar-refractivity contribution in [2.24, 2.45) is 0 Å². The van der Waals surface area contributed by atoms with Crippen molar-refractivity contribution in [3.05, 3.63) is 42.5 Å². The number of rotatable bonds is 4. The fourth-order valence-corrected chi connectivity index (χ4v) is 2.66. The molecule has 0 fully saturated rings. The molecule has 1 aliphatic rings. The molecule has 1 unspecified atom stereocenters. The topological polar surface area (TPSA) is 88.3 Å². The number of fused-ring (bicyclic) bond motifs is 1. The zero-order chi connectivity index (χ0) is 14.8. The Hall–Kier alpha value is -2.70. The minimum absolute atomic E-state index is 0.0180. The molecular weight excluding hydrogens is 272 g/mol. The van der Waals surface area contributed by atoms with Gasteiger partial charge in [0.25, 0.3) is 0 Å². The summed E-state index contributed by atoms with van der Waals surface area (Å²) in [7, 11) is 0. The summed E-state index contributed by atoms with van der Waals surface area (Å²) in [6.45, 7) is 0.479. The predicted octanol–water partition coefficient (Wildman–Crippen LogP) is 0.883. The molecule has 0 saturated carbocycles. The first-order valence-corrected chi connectivity index (χ1v) is 6.58. The van der Waals surface area contributed by atoms with Gasteiger partial charge in [0.2, 0.25) is 5.91 Å². The standard InChI is InChI=1S/C14H14N4O3/c19-13(7-17-9-15-8-16-17)18-6-10(5-14(20)21)11-3-1-2-4-12(11)18/h1-4,8-10H,5-7H2,(H,20,21). The summed E-state index contributed by atoms with van der Waals surface area (Å²) in [4.78, 5) is 28.8. The number of para-hydroxylation sites is 1. The molecule has 1 aliphatic heterocycles. The summed E-state index contributed by atoms with van der Waals surface area (Å²) in [5.41, 5.74) is 1.70. The molecule has 108 valence electrons. The Morgan fingerprint density at radius 3 is 2.86 bits per heavy atom. The minimum atomic E-state index is -0.861. The third-order valence-electron chi connectivity index (χ3n) is 3.56. The van der Waals surface area contributed by atoms with E-state index in [2.05, 4.69) is 10.1 Å². The van der Waals surface area contributed by atoms with Crippen LogP contribution in [0.4, 0.5) is 5.69 Å². The fourth-order valence-electron chi connectivity index (χ4n) is 2.66. The number of amides is 1. The third kappa shape index (κ3) is 2.62. The average molecular weight is 286 g/mol. The van der Waals surface area contributed by atoms with Gasteiger partial charge in [-0.05, 0) is 11.6 Å². The van der Waals surface area contributed by atoms with Crippen molar-refractivity contribution >= 4 is 17.6 Å². The molecule has 0 aliphatic carbocycles. The van der Waals surface area contributed by atoms with E-state index in [-0.39, 0.29) is 24.8 Å². The average Bonchev–Trinajstić information content (AvgIpc) is 3.07. The van der Waals surface area contributed by atoms with Gasteiger partial charge < -0.3 is 10.0 Å². The number of carbonyl (C=O) groups excluding carboxylic acids is 1. The van der Waals surface area contributed by atoms with Crippen LogP contribution >= 0.6 is 0 Å². The first kappa shape index (κ1) is 13.3. The number of carboxylic acids is 1. The molecule has 0 bridgehead atoms. The van der Waals surface area contributed by atoms with Crippen molar-refractivity contribution in [1.82, 2.24) is 14.8 Å². The lowest BCUT2D eigenvalue weighted by Crippen LogP contribution is -2.33. The highest BCUT2D eigenvalue weighted by molar-refractivity contribution is 5.96. The maximum Gasteiger partial charge on any atom is 0.304 e. The number of carboxylic acid groups (broad SMARTS) is 1. The molecule has 0 spiro atoms. The zero-order valence-corrected chi connectivity index (χ0v) is 11.2. The van der Waals surface area contributed by atoms with Gasteiger partial charge in [0.15, 0.2) is 0 Å². The summed E-state index contributed by atoms with van der Waals surface area (Å²) >= 11 is 0. The van der Waals surface area contributed by atoms with Gasteiger partial charge in [-0.1, -0.05) is 18.2 Å². The maximum atomic E-state index is 12.4. The van der Waals surface area contributed by atoms with Crippen molar-refractivity contribution in [2.45, 2.75) is 18.9 Å². The molecule has 21 heavy (non-hydrogen) atoms. The van der Waals surface area contributed by atoms with Gasteiger partial charge in [-0.2, -0.15) is 5.10 Å². The highest BCUT2D eigenvalue weighted by atomic mass is 16.4. The number of anilines is 1. The first-order chi connectivity index (χ1) is 10.1. The molecule has 7 nitrogen and oxygen atoms in total. The van der Waals surface area contributed by atoms with Gasteiger partial charge in [-0.3, -0.25) is 9.59 Å². The van der Waals surface area contributed by atoms with Gasteiger partial charge >= 0.3 is 5.97 Å². The van der Waals surface area contributed by atoms with Crippen LogP contribution in [0.1, 0.15) is 17.9 Å². The molecule has 1 amide bonds. The Morgan fingerprint density at radius 1 is 1.33 bits per heavy atom. The number of hydrogen-bond acceptors (Lipinski definition) is 4. The maximum absolute atomic E-state index is 12.4.